The molecule has 0 saturated heterocycles. The van der Waals surface area contributed by atoms with Gasteiger partial charge in [0.05, 0.1) is 11.6 Å². The van der Waals surface area contributed by atoms with Crippen LogP contribution in [-0.4, -0.2) is 5.11 Å². The summed E-state index contributed by atoms with van der Waals surface area (Å²) in [5, 5.41) is 18.5. The van der Waals surface area contributed by atoms with Crippen LogP contribution in [0.4, 0.5) is 0 Å². The second-order valence-electron chi connectivity index (χ2n) is 4.02. The molecule has 94 valence electrons. The lowest BCUT2D eigenvalue weighted by Gasteiger charge is -2.10. The van der Waals surface area contributed by atoms with Crippen LogP contribution in [0.1, 0.15) is 11.7 Å². The van der Waals surface area contributed by atoms with E-state index >= 15 is 0 Å². The maximum absolute atomic E-state index is 9.81. The first-order valence-corrected chi connectivity index (χ1v) is 5.80. The van der Waals surface area contributed by atoms with E-state index in [-0.39, 0.29) is 5.57 Å². The van der Waals surface area contributed by atoms with Crippen LogP contribution in [0.3, 0.4) is 0 Å². The molecule has 0 aliphatic heterocycles. The molecule has 0 fully saturated rings. The lowest BCUT2D eigenvalue weighted by Crippen LogP contribution is -1.98. The predicted molar refractivity (Wildman–Crippen MR) is 72.7 cm³/mol. The number of ether oxygens (including phenoxy) is 1. The van der Waals surface area contributed by atoms with Gasteiger partial charge in [-0.2, -0.15) is 5.26 Å². The molecular weight excluding hydrogens is 238 g/mol. The second kappa shape index (κ2) is 5.85. The van der Waals surface area contributed by atoms with Gasteiger partial charge in [-0.15, -0.1) is 0 Å². The molecule has 1 atom stereocenters. The van der Waals surface area contributed by atoms with Gasteiger partial charge in [-0.1, -0.05) is 36.9 Å². The van der Waals surface area contributed by atoms with E-state index in [9.17, 15) is 5.11 Å². The topological polar surface area (TPSA) is 53.2 Å². The van der Waals surface area contributed by atoms with E-state index < -0.39 is 6.10 Å². The van der Waals surface area contributed by atoms with Crippen LogP contribution in [0.5, 0.6) is 11.5 Å². The van der Waals surface area contributed by atoms with E-state index in [2.05, 4.69) is 6.58 Å². The summed E-state index contributed by atoms with van der Waals surface area (Å²) < 4.78 is 5.63. The van der Waals surface area contributed by atoms with Gasteiger partial charge >= 0.3 is 0 Å². The Bertz CT molecular complexity index is 597. The van der Waals surface area contributed by atoms with Crippen molar-refractivity contribution in [3.8, 4) is 17.6 Å². The van der Waals surface area contributed by atoms with Gasteiger partial charge in [0.2, 0.25) is 0 Å². The number of rotatable bonds is 4. The van der Waals surface area contributed by atoms with Crippen molar-refractivity contribution in [2.75, 3.05) is 0 Å². The van der Waals surface area contributed by atoms with Crippen LogP contribution in [-0.2, 0) is 0 Å². The molecule has 0 saturated carbocycles. The van der Waals surface area contributed by atoms with Gasteiger partial charge in [0.15, 0.2) is 0 Å². The van der Waals surface area contributed by atoms with E-state index in [4.69, 9.17) is 10.00 Å². The zero-order valence-electron chi connectivity index (χ0n) is 10.3. The molecule has 0 heterocycles. The molecule has 0 radical (unpaired) electrons. The quantitative estimate of drug-likeness (QED) is 0.845. The van der Waals surface area contributed by atoms with Gasteiger partial charge in [0.25, 0.3) is 0 Å². The van der Waals surface area contributed by atoms with Crippen molar-refractivity contribution in [1.82, 2.24) is 0 Å². The van der Waals surface area contributed by atoms with Gasteiger partial charge in [-0.3, -0.25) is 0 Å². The summed E-state index contributed by atoms with van der Waals surface area (Å²) in [6.45, 7) is 3.50. The molecule has 2 rings (SSSR count). The summed E-state index contributed by atoms with van der Waals surface area (Å²) in [5.74, 6) is 1.42. The van der Waals surface area contributed by atoms with Gasteiger partial charge in [0.1, 0.15) is 17.6 Å². The van der Waals surface area contributed by atoms with Crippen molar-refractivity contribution in [2.24, 2.45) is 0 Å². The lowest BCUT2D eigenvalue weighted by atomic mass is 10.0. The third kappa shape index (κ3) is 3.21. The molecule has 0 aliphatic carbocycles. The molecule has 0 aliphatic rings. The Hall–Kier alpha value is -2.57. The Kier molecular flexibility index (Phi) is 3.97. The van der Waals surface area contributed by atoms with Crippen molar-refractivity contribution < 1.29 is 9.84 Å². The fourth-order valence-electron chi connectivity index (χ4n) is 1.61. The summed E-state index contributed by atoms with van der Waals surface area (Å²) in [6, 6.07) is 18.2. The van der Waals surface area contributed by atoms with Crippen molar-refractivity contribution in [3.63, 3.8) is 0 Å². The highest BCUT2D eigenvalue weighted by Crippen LogP contribution is 2.25. The second-order valence-corrected chi connectivity index (χ2v) is 4.02. The summed E-state index contributed by atoms with van der Waals surface area (Å²) in [7, 11) is 0. The van der Waals surface area contributed by atoms with Gasteiger partial charge in [-0.25, -0.2) is 0 Å². The summed E-state index contributed by atoms with van der Waals surface area (Å²) in [6.07, 6.45) is -0.962. The number of nitrogens with zero attached hydrogens (tertiary/aromatic N) is 1. The predicted octanol–water partition coefficient (Wildman–Crippen LogP) is 3.59. The van der Waals surface area contributed by atoms with Crippen molar-refractivity contribution in [3.05, 3.63) is 72.3 Å². The largest absolute Gasteiger partial charge is 0.457 e. The molecule has 3 heteroatoms. The molecule has 2 aromatic carbocycles. The minimum atomic E-state index is -0.962. The Morgan fingerprint density at radius 1 is 1.05 bits per heavy atom. The zero-order valence-corrected chi connectivity index (χ0v) is 10.3. The molecule has 1 unspecified atom stereocenters. The molecule has 2 aromatic rings. The van der Waals surface area contributed by atoms with Crippen molar-refractivity contribution >= 4 is 0 Å². The molecule has 19 heavy (non-hydrogen) atoms. The van der Waals surface area contributed by atoms with E-state index in [0.717, 1.165) is 5.75 Å². The number of aliphatic hydroxyl groups is 1. The Morgan fingerprint density at radius 2 is 1.63 bits per heavy atom. The first-order chi connectivity index (χ1) is 9.20. The SMILES string of the molecule is C=C(C#N)C(O)c1ccc(Oc2ccccc2)cc1. The molecule has 0 aromatic heterocycles. The number of para-hydroxylation sites is 1. The van der Waals surface area contributed by atoms with Crippen LogP contribution < -0.4 is 4.74 Å². The van der Waals surface area contributed by atoms with Crippen LogP contribution in [0.15, 0.2) is 66.7 Å². The van der Waals surface area contributed by atoms with E-state index in [1.165, 1.54) is 0 Å². The molecule has 0 bridgehead atoms. The number of hydrogen-bond acceptors (Lipinski definition) is 3. The molecule has 0 spiro atoms. The van der Waals surface area contributed by atoms with E-state index in [0.29, 0.717) is 11.3 Å². The zero-order chi connectivity index (χ0) is 13.7. The summed E-state index contributed by atoms with van der Waals surface area (Å²) >= 11 is 0. The summed E-state index contributed by atoms with van der Waals surface area (Å²) in [5.41, 5.74) is 0.740. The highest BCUT2D eigenvalue weighted by atomic mass is 16.5. The van der Waals surface area contributed by atoms with Crippen LogP contribution in [0, 0.1) is 11.3 Å². The normalized spacial score (nSPS) is 11.4. The minimum Gasteiger partial charge on any atom is -0.457 e. The number of hydrogen-bond donors (Lipinski definition) is 1. The maximum Gasteiger partial charge on any atom is 0.127 e. The van der Waals surface area contributed by atoms with Gasteiger partial charge < -0.3 is 9.84 Å². The average molecular weight is 251 g/mol. The third-order valence-electron chi connectivity index (χ3n) is 2.65. The number of nitriles is 1. The standard InChI is InChI=1S/C16H13NO2/c1-12(11-17)16(18)13-7-9-15(10-8-13)19-14-5-3-2-4-6-14/h2-10,16,18H,1H2. The Labute approximate surface area is 112 Å². The van der Waals surface area contributed by atoms with E-state index in [1.807, 2.05) is 36.4 Å². The lowest BCUT2D eigenvalue weighted by molar-refractivity contribution is 0.221. The first-order valence-electron chi connectivity index (χ1n) is 5.80. The average Bonchev–Trinajstić information content (AvgIpc) is 2.47. The highest BCUT2D eigenvalue weighted by molar-refractivity contribution is 5.37. The molecular formula is C16H13NO2. The minimum absolute atomic E-state index is 0.122. The highest BCUT2D eigenvalue weighted by Gasteiger charge is 2.10. The smallest absolute Gasteiger partial charge is 0.127 e. The van der Waals surface area contributed by atoms with Crippen LogP contribution in [0.25, 0.3) is 0 Å². The molecule has 1 N–H and O–H groups in total. The Balaban J connectivity index is 2.11. The van der Waals surface area contributed by atoms with Crippen LogP contribution >= 0.6 is 0 Å². The van der Waals surface area contributed by atoms with Crippen molar-refractivity contribution in [2.45, 2.75) is 6.10 Å². The molecule has 0 amide bonds. The third-order valence-corrected chi connectivity index (χ3v) is 2.65. The van der Waals surface area contributed by atoms with Gasteiger partial charge in [0, 0.05) is 0 Å². The van der Waals surface area contributed by atoms with Crippen LogP contribution in [0.2, 0.25) is 0 Å². The Morgan fingerprint density at radius 3 is 2.21 bits per heavy atom. The van der Waals surface area contributed by atoms with E-state index in [1.54, 1.807) is 24.3 Å². The maximum atomic E-state index is 9.81. The summed E-state index contributed by atoms with van der Waals surface area (Å²) in [4.78, 5) is 0. The fraction of sp³-hybridized carbons (Fsp3) is 0.0625. The number of aliphatic hydroxyl groups excluding tert-OH is 1. The fourth-order valence-corrected chi connectivity index (χ4v) is 1.61. The molecule has 3 nitrogen and oxygen atoms in total. The number of benzene rings is 2. The van der Waals surface area contributed by atoms with Crippen molar-refractivity contribution in [1.29, 1.82) is 5.26 Å². The monoisotopic (exact) mass is 251 g/mol. The van der Waals surface area contributed by atoms with Gasteiger partial charge in [-0.05, 0) is 29.8 Å². The first kappa shape index (κ1) is 12.9.